The van der Waals surface area contributed by atoms with Crippen LogP contribution in [0.4, 0.5) is 4.79 Å². The molecule has 2 N–H and O–H groups in total. The zero-order valence-corrected chi connectivity index (χ0v) is 8.25. The summed E-state index contributed by atoms with van der Waals surface area (Å²) in [5.74, 6) is 0.857. The van der Waals surface area contributed by atoms with Crippen molar-refractivity contribution < 1.29 is 4.79 Å². The fraction of sp³-hybridized carbons (Fsp3) is 0.900. The normalized spacial score (nSPS) is 37.5. The van der Waals surface area contributed by atoms with Gasteiger partial charge in [-0.15, -0.1) is 0 Å². The zero-order valence-electron chi connectivity index (χ0n) is 8.25. The van der Waals surface area contributed by atoms with Crippen molar-refractivity contribution in [3.8, 4) is 0 Å². The van der Waals surface area contributed by atoms with Gasteiger partial charge in [-0.05, 0) is 31.6 Å². The Bertz CT molecular complexity index is 225. The monoisotopic (exact) mass is 182 g/mol. The number of fused-ring (bicyclic) bond motifs is 2. The fourth-order valence-electron chi connectivity index (χ4n) is 3.11. The van der Waals surface area contributed by atoms with E-state index in [9.17, 15) is 4.79 Å². The third-order valence-electron chi connectivity index (χ3n) is 3.98. The maximum atomic E-state index is 11.1. The van der Waals surface area contributed by atoms with Gasteiger partial charge >= 0.3 is 6.03 Å². The highest BCUT2D eigenvalue weighted by Gasteiger charge is 2.45. The maximum Gasteiger partial charge on any atom is 0.314 e. The molecule has 2 unspecified atom stereocenters. The maximum absolute atomic E-state index is 11.1. The fourth-order valence-corrected chi connectivity index (χ4v) is 3.11. The van der Waals surface area contributed by atoms with Crippen molar-refractivity contribution in [3.63, 3.8) is 0 Å². The Morgan fingerprint density at radius 2 is 2.23 bits per heavy atom. The summed E-state index contributed by atoms with van der Waals surface area (Å²) in [4.78, 5) is 12.9. The van der Waals surface area contributed by atoms with Crippen molar-refractivity contribution in [2.45, 2.75) is 44.1 Å². The van der Waals surface area contributed by atoms with Crippen LogP contribution in [0.15, 0.2) is 0 Å². The number of nitrogens with zero attached hydrogens (tertiary/aromatic N) is 1. The molecule has 0 aromatic carbocycles. The molecule has 0 aromatic heterocycles. The molecule has 2 atom stereocenters. The lowest BCUT2D eigenvalue weighted by Crippen LogP contribution is -2.51. The van der Waals surface area contributed by atoms with Gasteiger partial charge in [-0.2, -0.15) is 0 Å². The topological polar surface area (TPSA) is 46.3 Å². The molecule has 0 aliphatic heterocycles. The van der Waals surface area contributed by atoms with E-state index >= 15 is 0 Å². The van der Waals surface area contributed by atoms with E-state index in [4.69, 9.17) is 5.73 Å². The molecule has 0 aromatic rings. The molecule has 2 fully saturated rings. The van der Waals surface area contributed by atoms with Gasteiger partial charge < -0.3 is 10.6 Å². The third-order valence-corrected chi connectivity index (χ3v) is 3.98. The molecule has 13 heavy (non-hydrogen) atoms. The minimum absolute atomic E-state index is 0.134. The van der Waals surface area contributed by atoms with Crippen molar-refractivity contribution in [2.24, 2.45) is 11.7 Å². The SMILES string of the molecule is CN(C(N)=O)C12CCCC(CC1)C2. The van der Waals surface area contributed by atoms with Crippen LogP contribution in [0.1, 0.15) is 38.5 Å². The summed E-state index contributed by atoms with van der Waals surface area (Å²) in [5, 5.41) is 0. The average molecular weight is 182 g/mol. The van der Waals surface area contributed by atoms with E-state index in [1.54, 1.807) is 4.90 Å². The second-order valence-electron chi connectivity index (χ2n) is 4.62. The minimum Gasteiger partial charge on any atom is -0.351 e. The molecule has 2 aliphatic carbocycles. The van der Waals surface area contributed by atoms with Crippen LogP contribution < -0.4 is 5.73 Å². The second kappa shape index (κ2) is 2.89. The zero-order chi connectivity index (χ0) is 9.47. The molecule has 3 heteroatoms. The van der Waals surface area contributed by atoms with Gasteiger partial charge in [0.1, 0.15) is 0 Å². The van der Waals surface area contributed by atoms with Gasteiger partial charge in [0.05, 0.1) is 0 Å². The van der Waals surface area contributed by atoms with Crippen molar-refractivity contribution in [1.82, 2.24) is 4.90 Å². The molecule has 3 nitrogen and oxygen atoms in total. The van der Waals surface area contributed by atoms with E-state index in [1.807, 2.05) is 7.05 Å². The number of primary amides is 1. The highest BCUT2D eigenvalue weighted by atomic mass is 16.2. The molecule has 0 radical (unpaired) electrons. The average Bonchev–Trinajstić information content (AvgIpc) is 2.42. The van der Waals surface area contributed by atoms with Crippen molar-refractivity contribution in [1.29, 1.82) is 0 Å². The first kappa shape index (κ1) is 8.85. The quantitative estimate of drug-likeness (QED) is 0.659. The molecule has 2 bridgehead atoms. The summed E-state index contributed by atoms with van der Waals surface area (Å²) in [6.45, 7) is 0. The number of amides is 2. The number of carbonyl (C=O) groups excluding carboxylic acids is 1. The predicted molar refractivity (Wildman–Crippen MR) is 51.3 cm³/mol. The van der Waals surface area contributed by atoms with Gasteiger partial charge in [0.2, 0.25) is 0 Å². The highest BCUT2D eigenvalue weighted by molar-refractivity contribution is 5.72. The summed E-state index contributed by atoms with van der Waals surface area (Å²) >= 11 is 0. The van der Waals surface area contributed by atoms with Gasteiger partial charge in [-0.1, -0.05) is 12.8 Å². The summed E-state index contributed by atoms with van der Waals surface area (Å²) in [6, 6.07) is -0.262. The van der Waals surface area contributed by atoms with Crippen LogP contribution in [-0.2, 0) is 0 Å². The Labute approximate surface area is 79.3 Å². The van der Waals surface area contributed by atoms with E-state index < -0.39 is 0 Å². The second-order valence-corrected chi connectivity index (χ2v) is 4.62. The Morgan fingerprint density at radius 1 is 1.46 bits per heavy atom. The Morgan fingerprint density at radius 3 is 2.92 bits per heavy atom. The molecule has 2 amide bonds. The van der Waals surface area contributed by atoms with Gasteiger partial charge in [0.25, 0.3) is 0 Å². The van der Waals surface area contributed by atoms with Gasteiger partial charge in [-0.3, -0.25) is 0 Å². The first-order valence-corrected chi connectivity index (χ1v) is 5.17. The number of nitrogens with two attached hydrogens (primary N) is 1. The van der Waals surface area contributed by atoms with Crippen LogP contribution in [0.3, 0.4) is 0 Å². The Balaban J connectivity index is 2.15. The summed E-state index contributed by atoms with van der Waals surface area (Å²) in [7, 11) is 1.86. The smallest absolute Gasteiger partial charge is 0.314 e. The molecule has 2 saturated carbocycles. The van der Waals surface area contributed by atoms with E-state index in [0.717, 1.165) is 18.8 Å². The lowest BCUT2D eigenvalue weighted by molar-refractivity contribution is 0.116. The lowest BCUT2D eigenvalue weighted by atomic mass is 9.82. The van der Waals surface area contributed by atoms with Gasteiger partial charge in [0.15, 0.2) is 0 Å². The number of hydrogen-bond donors (Lipinski definition) is 1. The number of rotatable bonds is 1. The summed E-state index contributed by atoms with van der Waals surface area (Å²) in [6.07, 6.45) is 7.42. The van der Waals surface area contributed by atoms with Crippen LogP contribution in [0.2, 0.25) is 0 Å². The van der Waals surface area contributed by atoms with Crippen LogP contribution in [0.5, 0.6) is 0 Å². The van der Waals surface area contributed by atoms with Crippen molar-refractivity contribution in [2.75, 3.05) is 7.05 Å². The van der Waals surface area contributed by atoms with Crippen LogP contribution in [0, 0.1) is 5.92 Å². The Kier molecular flexibility index (Phi) is 1.97. The lowest BCUT2D eigenvalue weighted by Gasteiger charge is -2.40. The van der Waals surface area contributed by atoms with Gasteiger partial charge in [-0.25, -0.2) is 4.79 Å². The minimum atomic E-state index is -0.262. The van der Waals surface area contributed by atoms with Crippen LogP contribution in [-0.4, -0.2) is 23.5 Å². The van der Waals surface area contributed by atoms with Crippen LogP contribution >= 0.6 is 0 Å². The molecule has 0 spiro atoms. The largest absolute Gasteiger partial charge is 0.351 e. The molecule has 0 saturated heterocycles. The number of carbonyl (C=O) groups is 1. The van der Waals surface area contributed by atoms with Crippen LogP contribution in [0.25, 0.3) is 0 Å². The Hall–Kier alpha value is -0.730. The first-order chi connectivity index (χ1) is 6.14. The van der Waals surface area contributed by atoms with E-state index in [1.165, 1.54) is 25.7 Å². The standard InChI is InChI=1S/C10H18N2O/c1-12(9(11)13)10-5-2-3-8(7-10)4-6-10/h8H,2-7H2,1H3,(H2,11,13). The summed E-state index contributed by atoms with van der Waals surface area (Å²) in [5.41, 5.74) is 5.47. The van der Waals surface area contributed by atoms with Gasteiger partial charge in [0, 0.05) is 12.6 Å². The summed E-state index contributed by atoms with van der Waals surface area (Å²) < 4.78 is 0. The highest BCUT2D eigenvalue weighted by Crippen LogP contribution is 2.47. The number of urea groups is 1. The molecule has 2 aliphatic rings. The third kappa shape index (κ3) is 1.30. The molecular formula is C10H18N2O. The predicted octanol–water partition coefficient (Wildman–Crippen LogP) is 1.72. The molecular weight excluding hydrogens is 164 g/mol. The van der Waals surface area contributed by atoms with E-state index in [0.29, 0.717) is 0 Å². The first-order valence-electron chi connectivity index (χ1n) is 5.17. The van der Waals surface area contributed by atoms with Crippen molar-refractivity contribution in [3.05, 3.63) is 0 Å². The number of hydrogen-bond acceptors (Lipinski definition) is 1. The van der Waals surface area contributed by atoms with E-state index in [-0.39, 0.29) is 11.6 Å². The molecule has 0 heterocycles. The molecule has 2 rings (SSSR count). The van der Waals surface area contributed by atoms with E-state index in [2.05, 4.69) is 0 Å². The van der Waals surface area contributed by atoms with Crippen molar-refractivity contribution >= 4 is 6.03 Å². The molecule has 74 valence electrons.